The summed E-state index contributed by atoms with van der Waals surface area (Å²) in [5.41, 5.74) is 1.22. The van der Waals surface area contributed by atoms with Crippen LogP contribution < -0.4 is 0 Å². The van der Waals surface area contributed by atoms with Crippen molar-refractivity contribution in [3.63, 3.8) is 0 Å². The maximum Gasteiger partial charge on any atom is 0.192 e. The summed E-state index contributed by atoms with van der Waals surface area (Å²) in [5, 5.41) is 0.0654. The van der Waals surface area contributed by atoms with Gasteiger partial charge in [0.15, 0.2) is 14.9 Å². The first-order chi connectivity index (χ1) is 7.57. The van der Waals surface area contributed by atoms with E-state index in [2.05, 4.69) is 9.97 Å². The molecule has 2 rings (SSSR count). The van der Waals surface area contributed by atoms with E-state index in [0.717, 1.165) is 6.26 Å². The maximum atomic E-state index is 11.3. The molecule has 0 saturated heterocycles. The van der Waals surface area contributed by atoms with E-state index in [1.165, 1.54) is 6.07 Å². The van der Waals surface area contributed by atoms with Crippen LogP contribution in [0.2, 0.25) is 0 Å². The highest BCUT2D eigenvalue weighted by Crippen LogP contribution is 2.15. The molecule has 16 heavy (non-hydrogen) atoms. The van der Waals surface area contributed by atoms with Crippen molar-refractivity contribution < 1.29 is 8.42 Å². The van der Waals surface area contributed by atoms with Crippen LogP contribution in [-0.2, 0) is 9.84 Å². The molecule has 0 unspecified atom stereocenters. The molecule has 0 aromatic carbocycles. The lowest BCUT2D eigenvalue weighted by Gasteiger charge is -2.01. The van der Waals surface area contributed by atoms with Gasteiger partial charge in [-0.3, -0.25) is 4.98 Å². The van der Waals surface area contributed by atoms with Gasteiger partial charge in [-0.05, 0) is 24.3 Å². The standard InChI is InChI=1S/C11H10N2O2S/c1-16(14,15)11-7-4-6-10(13-11)9-5-2-3-8-12-9/h2-8H,1H3. The van der Waals surface area contributed by atoms with Crippen LogP contribution in [0.15, 0.2) is 47.6 Å². The van der Waals surface area contributed by atoms with Crippen molar-refractivity contribution in [3.05, 3.63) is 42.6 Å². The predicted octanol–water partition coefficient (Wildman–Crippen LogP) is 1.55. The summed E-state index contributed by atoms with van der Waals surface area (Å²) in [6, 6.07) is 10.3. The molecule has 2 aromatic heterocycles. The van der Waals surface area contributed by atoms with Gasteiger partial charge in [-0.25, -0.2) is 13.4 Å². The molecule has 2 aromatic rings. The van der Waals surface area contributed by atoms with Gasteiger partial charge in [-0.1, -0.05) is 12.1 Å². The van der Waals surface area contributed by atoms with Crippen LogP contribution in [0.3, 0.4) is 0 Å². The van der Waals surface area contributed by atoms with Crippen molar-refractivity contribution in [1.82, 2.24) is 9.97 Å². The van der Waals surface area contributed by atoms with Crippen molar-refractivity contribution in [3.8, 4) is 11.4 Å². The minimum atomic E-state index is -3.27. The molecule has 0 N–H and O–H groups in total. The SMILES string of the molecule is CS(=O)(=O)c1cccc(-c2ccccn2)n1. The maximum absolute atomic E-state index is 11.3. The number of pyridine rings is 2. The zero-order chi connectivity index (χ0) is 11.6. The molecule has 0 aliphatic carbocycles. The van der Waals surface area contributed by atoms with Gasteiger partial charge < -0.3 is 0 Å². The lowest BCUT2D eigenvalue weighted by atomic mass is 10.2. The Hall–Kier alpha value is -1.75. The second-order valence-corrected chi connectivity index (χ2v) is 5.31. The average molecular weight is 234 g/mol. The second-order valence-electron chi connectivity index (χ2n) is 3.35. The molecule has 4 nitrogen and oxygen atoms in total. The Kier molecular flexibility index (Phi) is 2.70. The summed E-state index contributed by atoms with van der Waals surface area (Å²) in [4.78, 5) is 8.18. The highest BCUT2D eigenvalue weighted by atomic mass is 32.2. The number of hydrogen-bond acceptors (Lipinski definition) is 4. The van der Waals surface area contributed by atoms with Crippen LogP contribution in [0.4, 0.5) is 0 Å². The molecule has 0 atom stereocenters. The zero-order valence-electron chi connectivity index (χ0n) is 8.66. The Morgan fingerprint density at radius 1 is 1.00 bits per heavy atom. The fraction of sp³-hybridized carbons (Fsp3) is 0.0909. The lowest BCUT2D eigenvalue weighted by Crippen LogP contribution is -2.01. The third-order valence-corrected chi connectivity index (χ3v) is 3.02. The average Bonchev–Trinajstić information content (AvgIpc) is 2.29. The van der Waals surface area contributed by atoms with Crippen molar-refractivity contribution in [2.45, 2.75) is 5.03 Å². The third kappa shape index (κ3) is 2.25. The van der Waals surface area contributed by atoms with E-state index >= 15 is 0 Å². The molecule has 0 bridgehead atoms. The summed E-state index contributed by atoms with van der Waals surface area (Å²) < 4.78 is 22.7. The van der Waals surface area contributed by atoms with Crippen LogP contribution in [0.5, 0.6) is 0 Å². The van der Waals surface area contributed by atoms with Gasteiger partial charge in [0.25, 0.3) is 0 Å². The summed E-state index contributed by atoms with van der Waals surface area (Å²) in [7, 11) is -3.27. The Morgan fingerprint density at radius 2 is 1.75 bits per heavy atom. The molecular formula is C11H10N2O2S. The van der Waals surface area contributed by atoms with Gasteiger partial charge in [0.2, 0.25) is 0 Å². The van der Waals surface area contributed by atoms with Crippen LogP contribution in [0.1, 0.15) is 0 Å². The smallest absolute Gasteiger partial charge is 0.192 e. The first-order valence-corrected chi connectivity index (χ1v) is 6.55. The Labute approximate surface area is 93.9 Å². The molecule has 82 valence electrons. The van der Waals surface area contributed by atoms with Gasteiger partial charge in [0, 0.05) is 12.5 Å². The highest BCUT2D eigenvalue weighted by Gasteiger charge is 2.10. The van der Waals surface area contributed by atoms with E-state index in [-0.39, 0.29) is 5.03 Å². The summed E-state index contributed by atoms with van der Waals surface area (Å²) >= 11 is 0. The number of rotatable bonds is 2. The minimum absolute atomic E-state index is 0.0654. The summed E-state index contributed by atoms with van der Waals surface area (Å²) in [6.45, 7) is 0. The normalized spacial score (nSPS) is 11.3. The van der Waals surface area contributed by atoms with Crippen molar-refractivity contribution in [2.75, 3.05) is 6.26 Å². The Morgan fingerprint density at radius 3 is 2.38 bits per heavy atom. The number of hydrogen-bond donors (Lipinski definition) is 0. The Balaban J connectivity index is 2.53. The van der Waals surface area contributed by atoms with Crippen molar-refractivity contribution in [1.29, 1.82) is 0 Å². The molecule has 0 radical (unpaired) electrons. The molecule has 0 fully saturated rings. The first kappa shape index (κ1) is 10.8. The van der Waals surface area contributed by atoms with Gasteiger partial charge in [-0.15, -0.1) is 0 Å². The quantitative estimate of drug-likeness (QED) is 0.791. The molecular weight excluding hydrogens is 224 g/mol. The van der Waals surface area contributed by atoms with Gasteiger partial charge in [0.1, 0.15) is 0 Å². The van der Waals surface area contributed by atoms with E-state index in [9.17, 15) is 8.42 Å². The van der Waals surface area contributed by atoms with Crippen LogP contribution in [0.25, 0.3) is 11.4 Å². The van der Waals surface area contributed by atoms with Gasteiger partial charge >= 0.3 is 0 Å². The fourth-order valence-corrected chi connectivity index (χ4v) is 1.87. The van der Waals surface area contributed by atoms with E-state index < -0.39 is 9.84 Å². The summed E-state index contributed by atoms with van der Waals surface area (Å²) in [5.74, 6) is 0. The topological polar surface area (TPSA) is 59.9 Å². The second kappa shape index (κ2) is 4.02. The van der Waals surface area contributed by atoms with Crippen molar-refractivity contribution >= 4 is 9.84 Å². The largest absolute Gasteiger partial charge is 0.255 e. The third-order valence-electron chi connectivity index (χ3n) is 2.03. The molecule has 0 amide bonds. The predicted molar refractivity (Wildman–Crippen MR) is 60.6 cm³/mol. The monoisotopic (exact) mass is 234 g/mol. The van der Waals surface area contributed by atoms with Crippen molar-refractivity contribution in [2.24, 2.45) is 0 Å². The van der Waals surface area contributed by atoms with E-state index in [1.54, 1.807) is 30.5 Å². The molecule has 0 aliphatic rings. The molecule has 0 saturated carbocycles. The molecule has 2 heterocycles. The number of nitrogens with zero attached hydrogens (tertiary/aromatic N) is 2. The fourth-order valence-electron chi connectivity index (χ4n) is 1.28. The zero-order valence-corrected chi connectivity index (χ0v) is 9.48. The number of aromatic nitrogens is 2. The minimum Gasteiger partial charge on any atom is -0.255 e. The van der Waals surface area contributed by atoms with E-state index in [0.29, 0.717) is 11.4 Å². The van der Waals surface area contributed by atoms with E-state index in [1.807, 2.05) is 6.07 Å². The highest BCUT2D eigenvalue weighted by molar-refractivity contribution is 7.90. The lowest BCUT2D eigenvalue weighted by molar-refractivity contribution is 0.598. The van der Waals surface area contributed by atoms with E-state index in [4.69, 9.17) is 0 Å². The molecule has 0 aliphatic heterocycles. The molecule has 5 heteroatoms. The van der Waals surface area contributed by atoms with Crippen LogP contribution in [-0.4, -0.2) is 24.6 Å². The first-order valence-electron chi connectivity index (χ1n) is 4.66. The molecule has 0 spiro atoms. The summed E-state index contributed by atoms with van der Waals surface area (Å²) in [6.07, 6.45) is 2.78. The van der Waals surface area contributed by atoms with Crippen LogP contribution >= 0.6 is 0 Å². The number of sulfone groups is 1. The van der Waals surface area contributed by atoms with Crippen LogP contribution in [0, 0.1) is 0 Å². The Bertz CT molecular complexity index is 594. The van der Waals surface area contributed by atoms with Gasteiger partial charge in [0.05, 0.1) is 11.4 Å². The van der Waals surface area contributed by atoms with Gasteiger partial charge in [-0.2, -0.15) is 0 Å².